The Balaban J connectivity index is 2.35. The predicted octanol–water partition coefficient (Wildman–Crippen LogP) is 4.03. The van der Waals surface area contributed by atoms with Gasteiger partial charge in [0.15, 0.2) is 0 Å². The van der Waals surface area contributed by atoms with E-state index in [2.05, 4.69) is 37.4 Å². The van der Waals surface area contributed by atoms with Gasteiger partial charge in [-0.15, -0.1) is 0 Å². The first-order chi connectivity index (χ1) is 7.74. The average molecular weight is 243 g/mol. The van der Waals surface area contributed by atoms with Crippen LogP contribution in [0.5, 0.6) is 0 Å². The molecule has 0 bridgehead atoms. The molecule has 1 aliphatic rings. The summed E-state index contributed by atoms with van der Waals surface area (Å²) in [6.45, 7) is 9.59. The Labute approximate surface area is 106 Å². The molecule has 0 N–H and O–H groups in total. The lowest BCUT2D eigenvalue weighted by Gasteiger charge is -2.31. The lowest BCUT2D eigenvalue weighted by atomic mass is 9.98. The molecule has 0 aromatic heterocycles. The van der Waals surface area contributed by atoms with Crippen LogP contribution in [-0.4, -0.2) is 35.5 Å². The minimum Gasteiger partial charge on any atom is -0.301 e. The van der Waals surface area contributed by atoms with E-state index in [1.54, 1.807) is 0 Å². The van der Waals surface area contributed by atoms with Crippen molar-refractivity contribution >= 4 is 11.8 Å². The fourth-order valence-corrected chi connectivity index (χ4v) is 3.61. The SMILES string of the molecule is CCCN(CC1CCCCSCC1)C(C)C. The fraction of sp³-hybridized carbons (Fsp3) is 1.00. The Morgan fingerprint density at radius 3 is 2.69 bits per heavy atom. The van der Waals surface area contributed by atoms with Gasteiger partial charge in [-0.2, -0.15) is 11.8 Å². The molecule has 0 amide bonds. The van der Waals surface area contributed by atoms with E-state index in [-0.39, 0.29) is 0 Å². The molecule has 1 aliphatic heterocycles. The molecule has 0 saturated carbocycles. The van der Waals surface area contributed by atoms with Crippen LogP contribution in [-0.2, 0) is 0 Å². The standard InChI is InChI=1S/C14H29NS/c1-4-9-15(13(2)3)12-14-7-5-6-10-16-11-8-14/h13-14H,4-12H2,1-3H3. The van der Waals surface area contributed by atoms with Crippen LogP contribution in [0.25, 0.3) is 0 Å². The minimum absolute atomic E-state index is 0.720. The summed E-state index contributed by atoms with van der Waals surface area (Å²) in [5.41, 5.74) is 0. The maximum absolute atomic E-state index is 2.68. The lowest BCUT2D eigenvalue weighted by molar-refractivity contribution is 0.179. The number of nitrogens with zero attached hydrogens (tertiary/aromatic N) is 1. The van der Waals surface area contributed by atoms with Crippen LogP contribution in [0.1, 0.15) is 52.9 Å². The number of thioether (sulfide) groups is 1. The van der Waals surface area contributed by atoms with Crippen molar-refractivity contribution in [1.29, 1.82) is 0 Å². The van der Waals surface area contributed by atoms with E-state index in [1.807, 2.05) is 0 Å². The Bertz CT molecular complexity index is 162. The van der Waals surface area contributed by atoms with Crippen molar-refractivity contribution in [3.05, 3.63) is 0 Å². The van der Waals surface area contributed by atoms with Gasteiger partial charge in [0.25, 0.3) is 0 Å². The van der Waals surface area contributed by atoms with Crippen LogP contribution < -0.4 is 0 Å². The average Bonchev–Trinajstić information content (AvgIpc) is 2.20. The first-order valence-electron chi connectivity index (χ1n) is 7.05. The zero-order chi connectivity index (χ0) is 11.8. The highest BCUT2D eigenvalue weighted by Gasteiger charge is 2.17. The Kier molecular flexibility index (Phi) is 7.55. The highest BCUT2D eigenvalue weighted by atomic mass is 32.2. The molecule has 0 aromatic carbocycles. The number of rotatable bonds is 5. The molecule has 0 aromatic rings. The largest absolute Gasteiger partial charge is 0.301 e. The summed E-state index contributed by atoms with van der Waals surface area (Å²) in [6.07, 6.45) is 7.09. The maximum atomic E-state index is 2.68. The molecular formula is C14H29NS. The van der Waals surface area contributed by atoms with Crippen molar-refractivity contribution < 1.29 is 0 Å². The summed E-state index contributed by atoms with van der Waals surface area (Å²) in [5.74, 6) is 3.75. The van der Waals surface area contributed by atoms with E-state index < -0.39 is 0 Å². The molecule has 2 heteroatoms. The van der Waals surface area contributed by atoms with Crippen molar-refractivity contribution in [2.24, 2.45) is 5.92 Å². The monoisotopic (exact) mass is 243 g/mol. The third-order valence-electron chi connectivity index (χ3n) is 3.56. The van der Waals surface area contributed by atoms with Gasteiger partial charge in [0.1, 0.15) is 0 Å². The zero-order valence-electron chi connectivity index (χ0n) is 11.4. The lowest BCUT2D eigenvalue weighted by Crippen LogP contribution is -2.36. The predicted molar refractivity (Wildman–Crippen MR) is 76.3 cm³/mol. The highest BCUT2D eigenvalue weighted by molar-refractivity contribution is 7.99. The van der Waals surface area contributed by atoms with E-state index >= 15 is 0 Å². The van der Waals surface area contributed by atoms with Gasteiger partial charge >= 0.3 is 0 Å². The van der Waals surface area contributed by atoms with Crippen LogP contribution in [0, 0.1) is 5.92 Å². The van der Waals surface area contributed by atoms with E-state index in [0.717, 1.165) is 12.0 Å². The van der Waals surface area contributed by atoms with Gasteiger partial charge in [0.05, 0.1) is 0 Å². The second-order valence-corrected chi connectivity index (χ2v) is 6.58. The maximum Gasteiger partial charge on any atom is 0.00387 e. The van der Waals surface area contributed by atoms with Crippen LogP contribution in [0.3, 0.4) is 0 Å². The molecule has 1 heterocycles. The molecule has 0 aliphatic carbocycles. The third-order valence-corrected chi connectivity index (χ3v) is 4.66. The second kappa shape index (κ2) is 8.41. The van der Waals surface area contributed by atoms with Gasteiger partial charge in [-0.05, 0) is 63.5 Å². The Morgan fingerprint density at radius 1 is 1.19 bits per heavy atom. The highest BCUT2D eigenvalue weighted by Crippen LogP contribution is 2.23. The molecule has 0 spiro atoms. The molecule has 0 radical (unpaired) electrons. The zero-order valence-corrected chi connectivity index (χ0v) is 12.2. The quantitative estimate of drug-likeness (QED) is 0.717. The van der Waals surface area contributed by atoms with Gasteiger partial charge in [-0.3, -0.25) is 0 Å². The van der Waals surface area contributed by atoms with E-state index in [1.165, 1.54) is 56.7 Å². The van der Waals surface area contributed by atoms with Gasteiger partial charge < -0.3 is 4.90 Å². The molecule has 1 saturated heterocycles. The van der Waals surface area contributed by atoms with Crippen molar-refractivity contribution in [2.45, 2.75) is 58.9 Å². The fourth-order valence-electron chi connectivity index (χ4n) is 2.50. The van der Waals surface area contributed by atoms with Crippen LogP contribution >= 0.6 is 11.8 Å². The summed E-state index contributed by atoms with van der Waals surface area (Å²) in [5, 5.41) is 0. The Morgan fingerprint density at radius 2 is 2.00 bits per heavy atom. The number of hydrogen-bond donors (Lipinski definition) is 0. The second-order valence-electron chi connectivity index (χ2n) is 5.35. The molecule has 1 unspecified atom stereocenters. The molecule has 16 heavy (non-hydrogen) atoms. The molecule has 1 atom stereocenters. The molecule has 96 valence electrons. The summed E-state index contributed by atoms with van der Waals surface area (Å²) in [7, 11) is 0. The van der Waals surface area contributed by atoms with Gasteiger partial charge in [-0.1, -0.05) is 13.3 Å². The van der Waals surface area contributed by atoms with Gasteiger partial charge in [-0.25, -0.2) is 0 Å². The molecule has 1 rings (SSSR count). The van der Waals surface area contributed by atoms with E-state index in [9.17, 15) is 0 Å². The van der Waals surface area contributed by atoms with Crippen LogP contribution in [0.2, 0.25) is 0 Å². The van der Waals surface area contributed by atoms with Crippen LogP contribution in [0.15, 0.2) is 0 Å². The normalized spacial score (nSPS) is 23.4. The van der Waals surface area contributed by atoms with Gasteiger partial charge in [0.2, 0.25) is 0 Å². The van der Waals surface area contributed by atoms with Crippen molar-refractivity contribution in [2.75, 3.05) is 24.6 Å². The number of hydrogen-bond acceptors (Lipinski definition) is 2. The van der Waals surface area contributed by atoms with Crippen molar-refractivity contribution in [3.63, 3.8) is 0 Å². The molecular weight excluding hydrogens is 214 g/mol. The summed E-state index contributed by atoms with van der Waals surface area (Å²) in [6, 6.07) is 0.720. The topological polar surface area (TPSA) is 3.24 Å². The van der Waals surface area contributed by atoms with E-state index in [0.29, 0.717) is 0 Å². The minimum atomic E-state index is 0.720. The third kappa shape index (κ3) is 5.58. The van der Waals surface area contributed by atoms with Gasteiger partial charge in [0, 0.05) is 12.6 Å². The first-order valence-corrected chi connectivity index (χ1v) is 8.21. The summed E-state index contributed by atoms with van der Waals surface area (Å²) >= 11 is 2.16. The van der Waals surface area contributed by atoms with Crippen molar-refractivity contribution in [3.8, 4) is 0 Å². The first kappa shape index (κ1) is 14.4. The Hall–Kier alpha value is 0.310. The van der Waals surface area contributed by atoms with E-state index in [4.69, 9.17) is 0 Å². The smallest absolute Gasteiger partial charge is 0.00387 e. The molecule has 1 nitrogen and oxygen atoms in total. The van der Waals surface area contributed by atoms with Crippen molar-refractivity contribution in [1.82, 2.24) is 4.90 Å². The summed E-state index contributed by atoms with van der Waals surface area (Å²) in [4.78, 5) is 2.68. The van der Waals surface area contributed by atoms with Crippen LogP contribution in [0.4, 0.5) is 0 Å². The molecule has 1 fully saturated rings. The summed E-state index contributed by atoms with van der Waals surface area (Å²) < 4.78 is 0.